The maximum Gasteiger partial charge on any atom is 0.339 e. The summed E-state index contributed by atoms with van der Waals surface area (Å²) < 4.78 is 0. The Labute approximate surface area is 168 Å². The minimum absolute atomic E-state index is 0.0610. The van der Waals surface area contributed by atoms with Crippen LogP contribution in [0, 0.1) is 10.1 Å². The van der Waals surface area contributed by atoms with Crippen molar-refractivity contribution in [1.82, 2.24) is 5.32 Å². The number of nitrogens with zero attached hydrogens (tertiary/aromatic N) is 1. The molecule has 158 valence electrons. The third-order valence-electron chi connectivity index (χ3n) is 4.03. The number of hydrogen-bond donors (Lipinski definition) is 6. The van der Waals surface area contributed by atoms with Gasteiger partial charge in [-0.3, -0.25) is 19.7 Å². The summed E-state index contributed by atoms with van der Waals surface area (Å²) in [4.78, 5) is 45.0. The van der Waals surface area contributed by atoms with Crippen molar-refractivity contribution in [3.05, 3.63) is 63.7 Å². The number of rotatable bonds is 7. The number of anilines is 1. The van der Waals surface area contributed by atoms with Crippen molar-refractivity contribution in [1.29, 1.82) is 0 Å². The molecule has 0 spiro atoms. The van der Waals surface area contributed by atoms with E-state index in [1.165, 1.54) is 12.1 Å². The molecule has 2 unspecified atom stereocenters. The van der Waals surface area contributed by atoms with Gasteiger partial charge in [0.25, 0.3) is 5.69 Å². The molecule has 0 aliphatic rings. The van der Waals surface area contributed by atoms with Crippen molar-refractivity contribution in [3.63, 3.8) is 0 Å². The lowest BCUT2D eigenvalue weighted by molar-refractivity contribution is -0.384. The highest BCUT2D eigenvalue weighted by Crippen LogP contribution is 2.22. The summed E-state index contributed by atoms with van der Waals surface area (Å²) in [6.07, 6.45) is -1.47. The number of carboxylic acid groups (broad SMARTS) is 1. The quantitative estimate of drug-likeness (QED) is 0.205. The fourth-order valence-corrected chi connectivity index (χ4v) is 2.46. The van der Waals surface area contributed by atoms with E-state index in [4.69, 9.17) is 5.11 Å². The van der Waals surface area contributed by atoms with Crippen LogP contribution in [0.15, 0.2) is 42.5 Å². The second kappa shape index (κ2) is 9.45. The van der Waals surface area contributed by atoms with Gasteiger partial charge in [-0.05, 0) is 29.8 Å². The number of carbonyl (C=O) groups is 3. The fraction of sp³-hybridized carbons (Fsp3) is 0.167. The molecule has 0 aliphatic carbocycles. The van der Waals surface area contributed by atoms with Crippen LogP contribution in [0.5, 0.6) is 5.75 Å². The summed E-state index contributed by atoms with van der Waals surface area (Å²) in [7, 11) is 0. The Morgan fingerprint density at radius 3 is 2.20 bits per heavy atom. The Morgan fingerprint density at radius 1 is 1.07 bits per heavy atom. The first-order chi connectivity index (χ1) is 14.1. The lowest BCUT2D eigenvalue weighted by atomic mass is 10.0. The second-order valence-electron chi connectivity index (χ2n) is 6.05. The molecule has 12 nitrogen and oxygen atoms in total. The number of nitro groups is 1. The van der Waals surface area contributed by atoms with Crippen LogP contribution in [-0.2, 0) is 9.59 Å². The molecule has 0 saturated heterocycles. The number of hydrogen-bond acceptors (Lipinski definition) is 8. The third-order valence-corrected chi connectivity index (χ3v) is 4.03. The number of phenols is 1. The Hall–Kier alpha value is -4.03. The summed E-state index contributed by atoms with van der Waals surface area (Å²) in [6.45, 7) is -0.745. The zero-order valence-corrected chi connectivity index (χ0v) is 15.2. The number of non-ortho nitro benzene ring substituents is 1. The number of nitrogens with one attached hydrogen (secondary N) is 2. The molecule has 0 radical (unpaired) electrons. The highest BCUT2D eigenvalue weighted by Gasteiger charge is 2.26. The maximum atomic E-state index is 12.1. The normalized spacial score (nSPS) is 12.5. The molecule has 2 aromatic rings. The third kappa shape index (κ3) is 5.27. The molecule has 2 rings (SSSR count). The first-order valence-corrected chi connectivity index (χ1v) is 8.35. The Bertz CT molecular complexity index is 975. The van der Waals surface area contributed by atoms with Crippen LogP contribution >= 0.6 is 0 Å². The van der Waals surface area contributed by atoms with E-state index < -0.39 is 52.8 Å². The number of aromatic hydroxyl groups is 1. The molecule has 0 saturated carbocycles. The average molecular weight is 419 g/mol. The average Bonchev–Trinajstić information content (AvgIpc) is 2.71. The maximum absolute atomic E-state index is 12.1. The summed E-state index contributed by atoms with van der Waals surface area (Å²) in [5.74, 6) is -4.43. The molecule has 0 bridgehead atoms. The number of aliphatic hydroxyl groups is 2. The Kier molecular flexibility index (Phi) is 7.01. The van der Waals surface area contributed by atoms with Crippen LogP contribution in [0.1, 0.15) is 22.0 Å². The van der Waals surface area contributed by atoms with Crippen molar-refractivity contribution in [3.8, 4) is 5.75 Å². The first kappa shape index (κ1) is 22.3. The number of aliphatic hydroxyl groups excluding tert-OH is 2. The van der Waals surface area contributed by atoms with E-state index in [1.807, 2.05) is 0 Å². The zero-order valence-electron chi connectivity index (χ0n) is 15.2. The van der Waals surface area contributed by atoms with Crippen molar-refractivity contribution < 1.29 is 39.7 Å². The number of aromatic carboxylic acids is 1. The topological polar surface area (TPSA) is 199 Å². The van der Waals surface area contributed by atoms with Crippen LogP contribution < -0.4 is 10.6 Å². The van der Waals surface area contributed by atoms with Crippen LogP contribution in [0.4, 0.5) is 11.4 Å². The van der Waals surface area contributed by atoms with Gasteiger partial charge in [-0.15, -0.1) is 0 Å². The molecule has 2 atom stereocenters. The first-order valence-electron chi connectivity index (χ1n) is 8.35. The lowest BCUT2D eigenvalue weighted by Crippen LogP contribution is -2.46. The number of amides is 2. The van der Waals surface area contributed by atoms with E-state index in [0.717, 1.165) is 30.3 Å². The molecule has 0 fully saturated rings. The van der Waals surface area contributed by atoms with Gasteiger partial charge >= 0.3 is 17.8 Å². The standard InChI is InChI=1S/C18H17N3O9/c22-8-13(15(24)9-1-4-11(5-2-9)21(29)30)20-17(26)16(25)19-10-3-6-12(18(27)28)14(23)7-10/h1-7,13,15,22-24H,8H2,(H,19,25)(H,20,26)(H,27,28). The molecule has 2 amide bonds. The van der Waals surface area contributed by atoms with E-state index in [2.05, 4.69) is 10.6 Å². The van der Waals surface area contributed by atoms with Gasteiger partial charge in [0.1, 0.15) is 17.4 Å². The number of carboxylic acids is 1. The lowest BCUT2D eigenvalue weighted by Gasteiger charge is -2.22. The Balaban J connectivity index is 2.04. The minimum Gasteiger partial charge on any atom is -0.507 e. The van der Waals surface area contributed by atoms with Crippen molar-refractivity contribution >= 4 is 29.2 Å². The van der Waals surface area contributed by atoms with E-state index in [-0.39, 0.29) is 16.9 Å². The van der Waals surface area contributed by atoms with Gasteiger partial charge in [-0.2, -0.15) is 0 Å². The van der Waals surface area contributed by atoms with Gasteiger partial charge in [0.2, 0.25) is 0 Å². The number of carbonyl (C=O) groups excluding carboxylic acids is 2. The van der Waals surface area contributed by atoms with Gasteiger partial charge in [0.05, 0.1) is 17.6 Å². The number of nitro benzene ring substituents is 1. The highest BCUT2D eigenvalue weighted by atomic mass is 16.6. The molecule has 0 aliphatic heterocycles. The summed E-state index contributed by atoms with van der Waals surface area (Å²) in [5.41, 5.74) is -0.514. The summed E-state index contributed by atoms with van der Waals surface area (Å²) >= 11 is 0. The second-order valence-corrected chi connectivity index (χ2v) is 6.05. The summed E-state index contributed by atoms with van der Waals surface area (Å²) in [5, 5.41) is 53.1. The van der Waals surface area contributed by atoms with E-state index in [0.29, 0.717) is 0 Å². The van der Waals surface area contributed by atoms with Gasteiger partial charge in [-0.25, -0.2) is 4.79 Å². The molecular formula is C18H17N3O9. The largest absolute Gasteiger partial charge is 0.507 e. The van der Waals surface area contributed by atoms with E-state index in [9.17, 15) is 39.8 Å². The number of benzene rings is 2. The van der Waals surface area contributed by atoms with E-state index in [1.54, 1.807) is 0 Å². The molecular weight excluding hydrogens is 402 g/mol. The molecule has 12 heteroatoms. The Morgan fingerprint density at radius 2 is 1.70 bits per heavy atom. The fourth-order valence-electron chi connectivity index (χ4n) is 2.46. The van der Waals surface area contributed by atoms with Crippen LogP contribution in [0.3, 0.4) is 0 Å². The molecule has 6 N–H and O–H groups in total. The molecule has 2 aromatic carbocycles. The monoisotopic (exact) mass is 419 g/mol. The highest BCUT2D eigenvalue weighted by molar-refractivity contribution is 6.39. The predicted octanol–water partition coefficient (Wildman–Crippen LogP) is 0.148. The van der Waals surface area contributed by atoms with Crippen LogP contribution in [-0.4, -0.2) is 55.8 Å². The van der Waals surface area contributed by atoms with Crippen LogP contribution in [0.2, 0.25) is 0 Å². The molecule has 0 heterocycles. The predicted molar refractivity (Wildman–Crippen MR) is 101 cm³/mol. The van der Waals surface area contributed by atoms with Crippen molar-refractivity contribution in [2.75, 3.05) is 11.9 Å². The SMILES string of the molecule is O=C(Nc1ccc(C(=O)O)c(O)c1)C(=O)NC(CO)C(O)c1ccc([N+](=O)[O-])cc1. The van der Waals surface area contributed by atoms with Gasteiger partial charge in [0, 0.05) is 23.9 Å². The molecule has 0 aromatic heterocycles. The van der Waals surface area contributed by atoms with Crippen LogP contribution in [0.25, 0.3) is 0 Å². The molecule has 30 heavy (non-hydrogen) atoms. The van der Waals surface area contributed by atoms with Gasteiger partial charge < -0.3 is 31.1 Å². The van der Waals surface area contributed by atoms with Crippen molar-refractivity contribution in [2.45, 2.75) is 12.1 Å². The zero-order chi connectivity index (χ0) is 22.4. The van der Waals surface area contributed by atoms with Gasteiger partial charge in [-0.1, -0.05) is 0 Å². The van der Waals surface area contributed by atoms with Gasteiger partial charge in [0.15, 0.2) is 0 Å². The minimum atomic E-state index is -1.47. The van der Waals surface area contributed by atoms with E-state index >= 15 is 0 Å². The smallest absolute Gasteiger partial charge is 0.339 e. The van der Waals surface area contributed by atoms with Crippen molar-refractivity contribution in [2.24, 2.45) is 0 Å². The summed E-state index contributed by atoms with van der Waals surface area (Å²) in [6, 6.07) is 6.57.